The number of ether oxygens (including phenoxy) is 1. The van der Waals surface area contributed by atoms with Crippen LogP contribution in [0.4, 0.5) is 5.69 Å². The molecule has 0 saturated heterocycles. The molecule has 0 unspecified atom stereocenters. The second kappa shape index (κ2) is 6.29. The van der Waals surface area contributed by atoms with E-state index in [-0.39, 0.29) is 5.91 Å². The molecule has 0 aliphatic carbocycles. The van der Waals surface area contributed by atoms with E-state index < -0.39 is 0 Å². The molecule has 0 radical (unpaired) electrons. The molecule has 2 aromatic rings. The average Bonchev–Trinajstić information content (AvgIpc) is 2.90. The van der Waals surface area contributed by atoms with Crippen molar-refractivity contribution >= 4 is 23.1 Å². The molecule has 0 saturated carbocycles. The number of anilines is 1. The van der Waals surface area contributed by atoms with Crippen molar-refractivity contribution in [2.45, 2.75) is 20.3 Å². The van der Waals surface area contributed by atoms with Crippen LogP contribution in [-0.2, 0) is 6.42 Å². The second-order valence-corrected chi connectivity index (χ2v) is 4.57. The molecular formula is C13H15N3O2S. The Balaban J connectivity index is 2.06. The molecule has 19 heavy (non-hydrogen) atoms. The van der Waals surface area contributed by atoms with Gasteiger partial charge in [-0.1, -0.05) is 11.4 Å². The molecule has 100 valence electrons. The van der Waals surface area contributed by atoms with Crippen molar-refractivity contribution < 1.29 is 9.53 Å². The van der Waals surface area contributed by atoms with Crippen LogP contribution in [0.3, 0.4) is 0 Å². The summed E-state index contributed by atoms with van der Waals surface area (Å²) >= 11 is 1.11. The van der Waals surface area contributed by atoms with E-state index in [0.29, 0.717) is 17.9 Å². The van der Waals surface area contributed by atoms with E-state index in [9.17, 15) is 4.79 Å². The third kappa shape index (κ3) is 3.29. The summed E-state index contributed by atoms with van der Waals surface area (Å²) < 4.78 is 9.15. The van der Waals surface area contributed by atoms with Crippen LogP contribution in [0.5, 0.6) is 5.75 Å². The summed E-state index contributed by atoms with van der Waals surface area (Å²) in [6.45, 7) is 4.50. The Kier molecular flexibility index (Phi) is 4.46. The van der Waals surface area contributed by atoms with E-state index >= 15 is 0 Å². The number of carbonyl (C=O) groups excluding carboxylic acids is 1. The van der Waals surface area contributed by atoms with Gasteiger partial charge in [0, 0.05) is 5.69 Å². The van der Waals surface area contributed by atoms with Gasteiger partial charge in [-0.3, -0.25) is 4.79 Å². The number of nitrogens with zero attached hydrogens (tertiary/aromatic N) is 2. The number of benzene rings is 1. The molecule has 5 nitrogen and oxygen atoms in total. The van der Waals surface area contributed by atoms with E-state index in [2.05, 4.69) is 14.9 Å². The molecule has 0 aliphatic heterocycles. The van der Waals surface area contributed by atoms with Gasteiger partial charge in [-0.25, -0.2) is 0 Å². The predicted octanol–water partition coefficient (Wildman–Crippen LogP) is 2.75. The summed E-state index contributed by atoms with van der Waals surface area (Å²) in [6.07, 6.45) is 0.697. The summed E-state index contributed by atoms with van der Waals surface area (Å²) in [5.74, 6) is 0.616. The maximum Gasteiger partial charge on any atom is 0.269 e. The van der Waals surface area contributed by atoms with Gasteiger partial charge >= 0.3 is 0 Å². The Morgan fingerprint density at radius 2 is 2.05 bits per heavy atom. The quantitative estimate of drug-likeness (QED) is 0.912. The summed E-state index contributed by atoms with van der Waals surface area (Å²) in [5.41, 5.74) is 1.46. The Morgan fingerprint density at radius 3 is 2.68 bits per heavy atom. The van der Waals surface area contributed by atoms with Crippen molar-refractivity contribution in [2.75, 3.05) is 11.9 Å². The number of carbonyl (C=O) groups is 1. The van der Waals surface area contributed by atoms with Gasteiger partial charge in [0.2, 0.25) is 0 Å². The van der Waals surface area contributed by atoms with E-state index in [4.69, 9.17) is 4.74 Å². The lowest BCUT2D eigenvalue weighted by Crippen LogP contribution is -2.12. The molecule has 0 atom stereocenters. The predicted molar refractivity (Wildman–Crippen MR) is 74.9 cm³/mol. The molecule has 6 heteroatoms. The van der Waals surface area contributed by atoms with Crippen LogP contribution in [0.25, 0.3) is 0 Å². The lowest BCUT2D eigenvalue weighted by molar-refractivity contribution is 0.102. The van der Waals surface area contributed by atoms with Gasteiger partial charge in [-0.2, -0.15) is 0 Å². The van der Waals surface area contributed by atoms with Gasteiger partial charge in [-0.05, 0) is 49.1 Å². The highest BCUT2D eigenvalue weighted by Crippen LogP contribution is 2.18. The lowest BCUT2D eigenvalue weighted by atomic mass is 10.2. The molecule has 1 amide bonds. The minimum Gasteiger partial charge on any atom is -0.494 e. The van der Waals surface area contributed by atoms with Crippen molar-refractivity contribution in [1.82, 2.24) is 9.59 Å². The number of amides is 1. The van der Waals surface area contributed by atoms with Crippen LogP contribution in [0.15, 0.2) is 24.3 Å². The maximum absolute atomic E-state index is 12.1. The molecule has 0 spiro atoms. The van der Waals surface area contributed by atoms with Crippen molar-refractivity contribution in [3.05, 3.63) is 34.8 Å². The van der Waals surface area contributed by atoms with E-state index in [1.54, 1.807) is 0 Å². The van der Waals surface area contributed by atoms with Crippen LogP contribution in [0.1, 0.15) is 29.2 Å². The molecule has 2 rings (SSSR count). The first-order chi connectivity index (χ1) is 9.24. The fourth-order valence-corrected chi connectivity index (χ4v) is 2.25. The second-order valence-electron chi connectivity index (χ2n) is 3.81. The smallest absolute Gasteiger partial charge is 0.269 e. The van der Waals surface area contributed by atoms with E-state index in [1.807, 2.05) is 38.1 Å². The number of nitrogens with one attached hydrogen (secondary N) is 1. The monoisotopic (exact) mass is 277 g/mol. The first-order valence-electron chi connectivity index (χ1n) is 6.10. The highest BCUT2D eigenvalue weighted by molar-refractivity contribution is 7.08. The van der Waals surface area contributed by atoms with E-state index in [0.717, 1.165) is 28.7 Å². The zero-order valence-electron chi connectivity index (χ0n) is 10.8. The summed E-state index contributed by atoms with van der Waals surface area (Å²) in [6, 6.07) is 7.27. The largest absolute Gasteiger partial charge is 0.494 e. The molecule has 1 aromatic carbocycles. The Labute approximate surface area is 115 Å². The van der Waals surface area contributed by atoms with Gasteiger partial charge in [0.25, 0.3) is 5.91 Å². The lowest BCUT2D eigenvalue weighted by Gasteiger charge is -2.06. The minimum atomic E-state index is -0.170. The SMILES string of the molecule is CCOc1ccc(NC(=O)c2snnc2CC)cc1. The molecule has 0 bridgehead atoms. The Hall–Kier alpha value is -1.95. The van der Waals surface area contributed by atoms with Crippen molar-refractivity contribution in [1.29, 1.82) is 0 Å². The minimum absolute atomic E-state index is 0.170. The molecule has 0 aliphatic rings. The van der Waals surface area contributed by atoms with Crippen LogP contribution in [-0.4, -0.2) is 22.1 Å². The topological polar surface area (TPSA) is 64.1 Å². The fraction of sp³-hybridized carbons (Fsp3) is 0.308. The van der Waals surface area contributed by atoms with Crippen LogP contribution < -0.4 is 10.1 Å². The number of aryl methyl sites for hydroxylation is 1. The first kappa shape index (κ1) is 13.5. The molecule has 0 fully saturated rings. The number of rotatable bonds is 5. The van der Waals surface area contributed by atoms with Crippen LogP contribution in [0.2, 0.25) is 0 Å². The van der Waals surface area contributed by atoms with E-state index in [1.165, 1.54) is 0 Å². The molecular weight excluding hydrogens is 262 g/mol. The third-order valence-corrected chi connectivity index (χ3v) is 3.29. The standard InChI is InChI=1S/C13H15N3O2S/c1-3-11-12(19-16-15-11)13(17)14-9-5-7-10(8-6-9)18-4-2/h5-8H,3-4H2,1-2H3,(H,14,17). The van der Waals surface area contributed by atoms with Gasteiger partial charge < -0.3 is 10.1 Å². The third-order valence-electron chi connectivity index (χ3n) is 2.52. The summed E-state index contributed by atoms with van der Waals surface area (Å²) in [4.78, 5) is 12.6. The van der Waals surface area contributed by atoms with Crippen molar-refractivity contribution in [2.24, 2.45) is 0 Å². The number of hydrogen-bond donors (Lipinski definition) is 1. The van der Waals surface area contributed by atoms with Crippen LogP contribution in [0, 0.1) is 0 Å². The zero-order valence-corrected chi connectivity index (χ0v) is 11.7. The summed E-state index contributed by atoms with van der Waals surface area (Å²) in [5, 5.41) is 6.75. The average molecular weight is 277 g/mol. The highest BCUT2D eigenvalue weighted by Gasteiger charge is 2.14. The maximum atomic E-state index is 12.1. The summed E-state index contributed by atoms with van der Waals surface area (Å²) in [7, 11) is 0. The Bertz CT molecular complexity index is 551. The number of aromatic nitrogens is 2. The normalized spacial score (nSPS) is 10.2. The fourth-order valence-electron chi connectivity index (χ4n) is 1.60. The first-order valence-corrected chi connectivity index (χ1v) is 6.87. The van der Waals surface area contributed by atoms with Crippen molar-refractivity contribution in [3.63, 3.8) is 0 Å². The molecule has 1 aromatic heterocycles. The number of hydrogen-bond acceptors (Lipinski definition) is 5. The van der Waals surface area contributed by atoms with Gasteiger partial charge in [-0.15, -0.1) is 5.10 Å². The zero-order chi connectivity index (χ0) is 13.7. The van der Waals surface area contributed by atoms with Gasteiger partial charge in [0.05, 0.1) is 12.3 Å². The van der Waals surface area contributed by atoms with Gasteiger partial charge in [0.15, 0.2) is 0 Å². The van der Waals surface area contributed by atoms with Crippen LogP contribution >= 0.6 is 11.5 Å². The Morgan fingerprint density at radius 1 is 1.32 bits per heavy atom. The van der Waals surface area contributed by atoms with Crippen molar-refractivity contribution in [3.8, 4) is 5.75 Å². The van der Waals surface area contributed by atoms with Gasteiger partial charge in [0.1, 0.15) is 10.6 Å². The molecule has 1 heterocycles. The highest BCUT2D eigenvalue weighted by atomic mass is 32.1. The molecule has 1 N–H and O–H groups in total.